The molecule has 0 aromatic heterocycles. The topological polar surface area (TPSA) is 20.2 Å². The fourth-order valence-electron chi connectivity index (χ4n) is 0.309. The van der Waals surface area contributed by atoms with E-state index >= 15 is 0 Å². The number of hydrogen-bond donors (Lipinski definition) is 1. The van der Waals surface area contributed by atoms with Crippen molar-refractivity contribution in [2.45, 2.75) is 20.8 Å². The second kappa shape index (κ2) is 2.55. The van der Waals surface area contributed by atoms with E-state index in [2.05, 4.69) is 6.58 Å². The Labute approximate surface area is 50.3 Å². The zero-order chi connectivity index (χ0) is 6.73. The first kappa shape index (κ1) is 7.28. The lowest BCUT2D eigenvalue weighted by atomic mass is 10.1. The Kier molecular flexibility index (Phi) is 2.32. The molecule has 0 amide bonds. The SMILES string of the molecule is C=C(C)/C(C)=C(/C)O. The van der Waals surface area contributed by atoms with Gasteiger partial charge in [0.25, 0.3) is 0 Å². The summed E-state index contributed by atoms with van der Waals surface area (Å²) in [6.45, 7) is 9.03. The standard InChI is InChI=1S/C7H12O/c1-5(2)6(3)7(4)8/h8H,1H2,2-4H3/b7-6-. The summed E-state index contributed by atoms with van der Waals surface area (Å²) in [5, 5.41) is 8.81. The fourth-order valence-corrected chi connectivity index (χ4v) is 0.309. The molecule has 0 bridgehead atoms. The van der Waals surface area contributed by atoms with Crippen molar-refractivity contribution in [3.63, 3.8) is 0 Å². The van der Waals surface area contributed by atoms with Crippen molar-refractivity contribution in [3.8, 4) is 0 Å². The van der Waals surface area contributed by atoms with Crippen molar-refractivity contribution < 1.29 is 5.11 Å². The number of allylic oxidation sites excluding steroid dienone is 3. The molecule has 0 spiro atoms. The third-order valence-electron chi connectivity index (χ3n) is 1.18. The van der Waals surface area contributed by atoms with Gasteiger partial charge in [0.2, 0.25) is 0 Å². The summed E-state index contributed by atoms with van der Waals surface area (Å²) in [4.78, 5) is 0. The maximum Gasteiger partial charge on any atom is 0.0923 e. The van der Waals surface area contributed by atoms with Crippen LogP contribution in [0.4, 0.5) is 0 Å². The van der Waals surface area contributed by atoms with Gasteiger partial charge in [0.05, 0.1) is 5.76 Å². The summed E-state index contributed by atoms with van der Waals surface area (Å²) in [5.41, 5.74) is 1.80. The van der Waals surface area contributed by atoms with E-state index in [0.29, 0.717) is 5.76 Å². The van der Waals surface area contributed by atoms with Crippen LogP contribution >= 0.6 is 0 Å². The molecule has 46 valence electrons. The van der Waals surface area contributed by atoms with Crippen LogP contribution in [0.1, 0.15) is 20.8 Å². The lowest BCUT2D eigenvalue weighted by Gasteiger charge is -1.97. The van der Waals surface area contributed by atoms with Crippen molar-refractivity contribution in [1.29, 1.82) is 0 Å². The fraction of sp³-hybridized carbons (Fsp3) is 0.429. The maximum absolute atomic E-state index is 8.81. The van der Waals surface area contributed by atoms with Gasteiger partial charge < -0.3 is 5.11 Å². The van der Waals surface area contributed by atoms with Crippen LogP contribution in [-0.2, 0) is 0 Å². The summed E-state index contributed by atoms with van der Waals surface area (Å²) in [7, 11) is 0. The highest BCUT2D eigenvalue weighted by Crippen LogP contribution is 2.07. The van der Waals surface area contributed by atoms with Gasteiger partial charge in [-0.3, -0.25) is 0 Å². The molecule has 0 atom stereocenters. The molecule has 0 aromatic carbocycles. The zero-order valence-electron chi connectivity index (χ0n) is 5.65. The second-order valence-electron chi connectivity index (χ2n) is 1.99. The van der Waals surface area contributed by atoms with E-state index in [9.17, 15) is 0 Å². The number of hydrogen-bond acceptors (Lipinski definition) is 1. The molecule has 0 aliphatic rings. The van der Waals surface area contributed by atoms with Crippen LogP contribution in [0.2, 0.25) is 0 Å². The smallest absolute Gasteiger partial charge is 0.0923 e. The van der Waals surface area contributed by atoms with Gasteiger partial charge in [-0.05, 0) is 26.3 Å². The summed E-state index contributed by atoms with van der Waals surface area (Å²) in [6.07, 6.45) is 0. The zero-order valence-corrected chi connectivity index (χ0v) is 5.65. The molecule has 0 fully saturated rings. The average molecular weight is 112 g/mol. The van der Waals surface area contributed by atoms with Crippen LogP contribution < -0.4 is 0 Å². The van der Waals surface area contributed by atoms with Gasteiger partial charge >= 0.3 is 0 Å². The van der Waals surface area contributed by atoms with Crippen LogP contribution in [0, 0.1) is 0 Å². The largest absolute Gasteiger partial charge is 0.512 e. The lowest BCUT2D eigenvalue weighted by Crippen LogP contribution is -1.81. The van der Waals surface area contributed by atoms with Crippen molar-refractivity contribution in [1.82, 2.24) is 0 Å². The maximum atomic E-state index is 8.81. The first-order valence-electron chi connectivity index (χ1n) is 2.58. The van der Waals surface area contributed by atoms with Gasteiger partial charge in [-0.1, -0.05) is 12.2 Å². The van der Waals surface area contributed by atoms with Crippen LogP contribution in [0.25, 0.3) is 0 Å². The molecule has 1 N–H and O–H groups in total. The Morgan fingerprint density at radius 3 is 1.62 bits per heavy atom. The first-order chi connectivity index (χ1) is 3.55. The van der Waals surface area contributed by atoms with Crippen LogP contribution in [0.3, 0.4) is 0 Å². The van der Waals surface area contributed by atoms with Gasteiger partial charge in [-0.2, -0.15) is 0 Å². The molecule has 0 rings (SSSR count). The predicted molar refractivity (Wildman–Crippen MR) is 35.8 cm³/mol. The van der Waals surface area contributed by atoms with E-state index in [-0.39, 0.29) is 0 Å². The van der Waals surface area contributed by atoms with E-state index in [0.717, 1.165) is 11.1 Å². The normalized spacial score (nSPS) is 12.9. The Hall–Kier alpha value is -0.720. The molecular weight excluding hydrogens is 100 g/mol. The lowest BCUT2D eigenvalue weighted by molar-refractivity contribution is 0.408. The van der Waals surface area contributed by atoms with E-state index in [1.807, 2.05) is 13.8 Å². The quantitative estimate of drug-likeness (QED) is 0.408. The Morgan fingerprint density at radius 1 is 1.25 bits per heavy atom. The van der Waals surface area contributed by atoms with Crippen LogP contribution in [-0.4, -0.2) is 5.11 Å². The minimum Gasteiger partial charge on any atom is -0.512 e. The molecule has 0 aliphatic carbocycles. The summed E-state index contributed by atoms with van der Waals surface area (Å²) in [5.74, 6) is 0.359. The number of aliphatic hydroxyl groups is 1. The van der Waals surface area contributed by atoms with Gasteiger partial charge in [-0.25, -0.2) is 0 Å². The molecule has 0 radical (unpaired) electrons. The van der Waals surface area contributed by atoms with Crippen molar-refractivity contribution >= 4 is 0 Å². The molecule has 1 nitrogen and oxygen atoms in total. The first-order valence-corrected chi connectivity index (χ1v) is 2.58. The van der Waals surface area contributed by atoms with Crippen LogP contribution in [0.15, 0.2) is 23.5 Å². The summed E-state index contributed by atoms with van der Waals surface area (Å²) >= 11 is 0. The Bertz CT molecular complexity index is 127. The molecule has 0 heterocycles. The summed E-state index contributed by atoms with van der Waals surface area (Å²) in [6, 6.07) is 0. The van der Waals surface area contributed by atoms with Crippen LogP contribution in [0.5, 0.6) is 0 Å². The number of aliphatic hydroxyl groups excluding tert-OH is 1. The Balaban J connectivity index is 4.23. The van der Waals surface area contributed by atoms with E-state index in [1.165, 1.54) is 0 Å². The van der Waals surface area contributed by atoms with Gasteiger partial charge in [0.1, 0.15) is 0 Å². The monoisotopic (exact) mass is 112 g/mol. The average Bonchev–Trinajstić information content (AvgIpc) is 1.64. The van der Waals surface area contributed by atoms with Crippen molar-refractivity contribution in [2.75, 3.05) is 0 Å². The third kappa shape index (κ3) is 1.82. The molecular formula is C7H12O. The molecule has 8 heavy (non-hydrogen) atoms. The highest BCUT2D eigenvalue weighted by atomic mass is 16.3. The minimum absolute atomic E-state index is 0.359. The van der Waals surface area contributed by atoms with Gasteiger partial charge in [0.15, 0.2) is 0 Å². The van der Waals surface area contributed by atoms with Crippen molar-refractivity contribution in [3.05, 3.63) is 23.5 Å². The molecule has 0 saturated heterocycles. The van der Waals surface area contributed by atoms with Crippen molar-refractivity contribution in [2.24, 2.45) is 0 Å². The molecule has 0 aromatic rings. The molecule has 0 saturated carbocycles. The molecule has 0 unspecified atom stereocenters. The second-order valence-corrected chi connectivity index (χ2v) is 1.99. The summed E-state index contributed by atoms with van der Waals surface area (Å²) < 4.78 is 0. The van der Waals surface area contributed by atoms with Gasteiger partial charge in [0, 0.05) is 0 Å². The van der Waals surface area contributed by atoms with Gasteiger partial charge in [-0.15, -0.1) is 0 Å². The third-order valence-corrected chi connectivity index (χ3v) is 1.18. The highest BCUT2D eigenvalue weighted by Gasteiger charge is 1.91. The highest BCUT2D eigenvalue weighted by molar-refractivity contribution is 5.25. The Morgan fingerprint density at radius 2 is 1.62 bits per heavy atom. The number of rotatable bonds is 1. The van der Waals surface area contributed by atoms with E-state index in [1.54, 1.807) is 6.92 Å². The van der Waals surface area contributed by atoms with E-state index in [4.69, 9.17) is 5.11 Å². The minimum atomic E-state index is 0.359. The predicted octanol–water partition coefficient (Wildman–Crippen LogP) is 2.41. The molecule has 0 aliphatic heterocycles. The van der Waals surface area contributed by atoms with E-state index < -0.39 is 0 Å². The molecule has 1 heteroatoms.